The van der Waals surface area contributed by atoms with Crippen molar-refractivity contribution in [2.75, 3.05) is 10.6 Å². The van der Waals surface area contributed by atoms with Crippen LogP contribution in [0.5, 0.6) is 0 Å². The molecule has 6 nitrogen and oxygen atoms in total. The molecule has 1 aliphatic rings. The molecular formula is C22H27ClN4O2. The molecule has 3 rings (SSSR count). The van der Waals surface area contributed by atoms with Crippen molar-refractivity contribution >= 4 is 34.8 Å². The fourth-order valence-corrected chi connectivity index (χ4v) is 3.80. The Bertz CT molecular complexity index is 848. The topological polar surface area (TPSA) is 97.1 Å². The Labute approximate surface area is 176 Å². The first kappa shape index (κ1) is 21.3. The van der Waals surface area contributed by atoms with Crippen molar-refractivity contribution in [1.82, 2.24) is 4.98 Å². The van der Waals surface area contributed by atoms with E-state index in [1.807, 2.05) is 6.07 Å². The Hall–Kier alpha value is -2.44. The molecule has 0 unspecified atom stereocenters. The number of rotatable bonds is 7. The number of carbonyl (C=O) groups is 2. The third kappa shape index (κ3) is 6.27. The van der Waals surface area contributed by atoms with Gasteiger partial charge in [0.15, 0.2) is 0 Å². The molecule has 1 aromatic heterocycles. The highest BCUT2D eigenvalue weighted by Gasteiger charge is 2.15. The van der Waals surface area contributed by atoms with Crippen LogP contribution in [-0.4, -0.2) is 16.8 Å². The summed E-state index contributed by atoms with van der Waals surface area (Å²) in [7, 11) is 0. The number of anilines is 2. The number of benzene rings is 1. The summed E-state index contributed by atoms with van der Waals surface area (Å²) in [6.45, 7) is 0.268. The highest BCUT2D eigenvalue weighted by atomic mass is 35.5. The number of nitrogens with one attached hydrogen (secondary N) is 2. The molecule has 4 N–H and O–H groups in total. The molecule has 1 heterocycles. The molecule has 1 saturated carbocycles. The second-order valence-corrected chi connectivity index (χ2v) is 7.88. The highest BCUT2D eigenvalue weighted by molar-refractivity contribution is 6.29. The molecule has 1 aliphatic carbocycles. The van der Waals surface area contributed by atoms with Crippen LogP contribution >= 0.6 is 11.6 Å². The van der Waals surface area contributed by atoms with E-state index in [9.17, 15) is 9.59 Å². The van der Waals surface area contributed by atoms with Gasteiger partial charge >= 0.3 is 0 Å². The molecule has 0 aliphatic heterocycles. The fraction of sp³-hybridized carbons (Fsp3) is 0.409. The summed E-state index contributed by atoms with van der Waals surface area (Å²) in [6, 6.07) is 8.52. The Morgan fingerprint density at radius 1 is 1.10 bits per heavy atom. The van der Waals surface area contributed by atoms with Gasteiger partial charge in [-0.25, -0.2) is 4.98 Å². The minimum absolute atomic E-state index is 0.00440. The van der Waals surface area contributed by atoms with Gasteiger partial charge in [0, 0.05) is 30.5 Å². The van der Waals surface area contributed by atoms with Gasteiger partial charge < -0.3 is 16.4 Å². The minimum Gasteiger partial charge on any atom is -0.326 e. The smallest absolute Gasteiger partial charge is 0.257 e. The van der Waals surface area contributed by atoms with E-state index in [1.54, 1.807) is 24.3 Å². The van der Waals surface area contributed by atoms with Crippen LogP contribution in [0.3, 0.4) is 0 Å². The maximum absolute atomic E-state index is 12.5. The summed E-state index contributed by atoms with van der Waals surface area (Å²) in [5.41, 5.74) is 8.17. The van der Waals surface area contributed by atoms with Gasteiger partial charge in [0.25, 0.3) is 5.91 Å². The molecule has 2 amide bonds. The Balaban J connectivity index is 1.62. The Morgan fingerprint density at radius 2 is 1.90 bits per heavy atom. The first-order valence-corrected chi connectivity index (χ1v) is 10.5. The van der Waals surface area contributed by atoms with Gasteiger partial charge in [0.1, 0.15) is 5.15 Å². The minimum atomic E-state index is -0.315. The standard InChI is InChI=1S/C22H27ClN4O2/c23-20-10-8-17(14-25-20)22(29)27-19-12-18(9-7-16(19)13-24)26-21(28)11-6-15-4-2-1-3-5-15/h7-10,12,14-15H,1-6,11,13,24H2,(H,26,28)(H,27,29). The van der Waals surface area contributed by atoms with Gasteiger partial charge in [-0.2, -0.15) is 0 Å². The zero-order valence-corrected chi connectivity index (χ0v) is 17.2. The molecule has 2 aromatic rings. The lowest BCUT2D eigenvalue weighted by atomic mass is 9.86. The molecule has 154 valence electrons. The molecule has 0 spiro atoms. The van der Waals surface area contributed by atoms with Gasteiger partial charge in [-0.15, -0.1) is 0 Å². The zero-order chi connectivity index (χ0) is 20.6. The third-order valence-corrected chi connectivity index (χ3v) is 5.58. The van der Waals surface area contributed by atoms with Crippen molar-refractivity contribution in [1.29, 1.82) is 0 Å². The van der Waals surface area contributed by atoms with Crippen LogP contribution < -0.4 is 16.4 Å². The average molecular weight is 415 g/mol. The van der Waals surface area contributed by atoms with E-state index in [4.69, 9.17) is 17.3 Å². The number of hydrogen-bond donors (Lipinski definition) is 3. The van der Waals surface area contributed by atoms with Gasteiger partial charge in [0.2, 0.25) is 5.91 Å². The zero-order valence-electron chi connectivity index (χ0n) is 16.4. The van der Waals surface area contributed by atoms with E-state index in [0.717, 1.165) is 12.0 Å². The molecule has 0 bridgehead atoms. The largest absolute Gasteiger partial charge is 0.326 e. The van der Waals surface area contributed by atoms with Gasteiger partial charge in [-0.1, -0.05) is 49.8 Å². The monoisotopic (exact) mass is 414 g/mol. The summed E-state index contributed by atoms with van der Waals surface area (Å²) in [6.07, 6.45) is 9.19. The summed E-state index contributed by atoms with van der Waals surface area (Å²) >= 11 is 5.77. The molecule has 7 heteroatoms. The van der Waals surface area contributed by atoms with Crippen LogP contribution in [0.4, 0.5) is 11.4 Å². The number of halogens is 1. The lowest BCUT2D eigenvalue weighted by Crippen LogP contribution is -2.17. The fourth-order valence-electron chi connectivity index (χ4n) is 3.69. The molecular weight excluding hydrogens is 388 g/mol. The second-order valence-electron chi connectivity index (χ2n) is 7.49. The van der Waals surface area contributed by atoms with Crippen LogP contribution in [0.25, 0.3) is 0 Å². The number of nitrogens with zero attached hydrogens (tertiary/aromatic N) is 1. The Morgan fingerprint density at radius 3 is 2.59 bits per heavy atom. The highest BCUT2D eigenvalue weighted by Crippen LogP contribution is 2.28. The van der Waals surface area contributed by atoms with Crippen LogP contribution in [0.2, 0.25) is 5.15 Å². The molecule has 1 fully saturated rings. The second kappa shape index (κ2) is 10.4. The van der Waals surface area contributed by atoms with Crippen LogP contribution in [-0.2, 0) is 11.3 Å². The summed E-state index contributed by atoms with van der Waals surface area (Å²) in [4.78, 5) is 28.8. The van der Waals surface area contributed by atoms with Gasteiger partial charge in [-0.3, -0.25) is 9.59 Å². The van der Waals surface area contributed by atoms with Crippen molar-refractivity contribution in [2.24, 2.45) is 11.7 Å². The predicted octanol–water partition coefficient (Wildman–Crippen LogP) is 4.75. The third-order valence-electron chi connectivity index (χ3n) is 5.36. The van der Waals surface area contributed by atoms with Crippen molar-refractivity contribution in [3.05, 3.63) is 52.8 Å². The number of hydrogen-bond acceptors (Lipinski definition) is 4. The van der Waals surface area contributed by atoms with Crippen LogP contribution in [0.15, 0.2) is 36.5 Å². The van der Waals surface area contributed by atoms with E-state index < -0.39 is 0 Å². The number of nitrogens with two attached hydrogens (primary N) is 1. The Kier molecular flexibility index (Phi) is 7.61. The summed E-state index contributed by atoms with van der Waals surface area (Å²) in [5, 5.41) is 6.10. The SMILES string of the molecule is NCc1ccc(NC(=O)CCC2CCCCC2)cc1NC(=O)c1ccc(Cl)nc1. The number of aromatic nitrogens is 1. The normalized spacial score (nSPS) is 14.4. The van der Waals surface area contributed by atoms with Crippen molar-refractivity contribution in [3.8, 4) is 0 Å². The van der Waals surface area contributed by atoms with E-state index >= 15 is 0 Å². The van der Waals surface area contributed by atoms with Gasteiger partial charge in [0.05, 0.1) is 5.56 Å². The number of amides is 2. The van der Waals surface area contributed by atoms with E-state index in [0.29, 0.717) is 34.4 Å². The quantitative estimate of drug-likeness (QED) is 0.569. The first-order valence-electron chi connectivity index (χ1n) is 10.1. The van der Waals surface area contributed by atoms with Crippen LogP contribution in [0, 0.1) is 5.92 Å². The number of pyridine rings is 1. The maximum atomic E-state index is 12.5. The van der Waals surface area contributed by atoms with E-state index in [2.05, 4.69) is 15.6 Å². The molecule has 0 radical (unpaired) electrons. The van der Waals surface area contributed by atoms with Crippen molar-refractivity contribution in [2.45, 2.75) is 51.5 Å². The van der Waals surface area contributed by atoms with Gasteiger partial charge in [-0.05, 0) is 42.2 Å². The van der Waals surface area contributed by atoms with E-state index in [-0.39, 0.29) is 18.4 Å². The summed E-state index contributed by atoms with van der Waals surface area (Å²) in [5.74, 6) is 0.344. The molecule has 1 aromatic carbocycles. The first-order chi connectivity index (χ1) is 14.0. The predicted molar refractivity (Wildman–Crippen MR) is 116 cm³/mol. The molecule has 0 saturated heterocycles. The van der Waals surface area contributed by atoms with Crippen LogP contribution in [0.1, 0.15) is 60.9 Å². The summed E-state index contributed by atoms with van der Waals surface area (Å²) < 4.78 is 0. The lowest BCUT2D eigenvalue weighted by Gasteiger charge is -2.21. The number of carbonyl (C=O) groups excluding carboxylic acids is 2. The van der Waals surface area contributed by atoms with E-state index in [1.165, 1.54) is 38.3 Å². The lowest BCUT2D eigenvalue weighted by molar-refractivity contribution is -0.116. The molecule has 0 atom stereocenters. The average Bonchev–Trinajstić information content (AvgIpc) is 2.74. The van der Waals surface area contributed by atoms with Crippen molar-refractivity contribution in [3.63, 3.8) is 0 Å². The molecule has 29 heavy (non-hydrogen) atoms. The maximum Gasteiger partial charge on any atom is 0.257 e. The van der Waals surface area contributed by atoms with Crippen molar-refractivity contribution < 1.29 is 9.59 Å².